The van der Waals surface area contributed by atoms with Crippen molar-refractivity contribution in [2.75, 3.05) is 0 Å². The Hall–Kier alpha value is -2.89. The number of nitrogens with zero attached hydrogens (tertiary/aromatic N) is 4. The molecule has 0 unspecified atom stereocenters. The summed E-state index contributed by atoms with van der Waals surface area (Å²) in [5.74, 6) is 0. The second-order valence-corrected chi connectivity index (χ2v) is 4.46. The summed E-state index contributed by atoms with van der Waals surface area (Å²) >= 11 is 0. The average molecular weight is 310 g/mol. The topological polar surface area (TPSA) is 84.8 Å². The lowest BCUT2D eigenvalue weighted by Crippen LogP contribution is -2.10. The SMILES string of the molecule is Cc1c([N+](=O)[O-])c(C(F)(F)F)nn1Cc1ccccc1C#N. The van der Waals surface area contributed by atoms with Gasteiger partial charge in [0, 0.05) is 0 Å². The molecule has 0 aliphatic heterocycles. The molecule has 0 aliphatic carbocycles. The Morgan fingerprint density at radius 2 is 2.05 bits per heavy atom. The zero-order valence-electron chi connectivity index (χ0n) is 11.3. The van der Waals surface area contributed by atoms with Crippen LogP contribution in [0.5, 0.6) is 0 Å². The van der Waals surface area contributed by atoms with Crippen molar-refractivity contribution >= 4 is 5.69 Å². The Labute approximate surface area is 122 Å². The number of aromatic nitrogens is 2. The zero-order chi connectivity index (χ0) is 16.5. The molecule has 0 saturated heterocycles. The van der Waals surface area contributed by atoms with Crippen molar-refractivity contribution in [1.82, 2.24) is 9.78 Å². The lowest BCUT2D eigenvalue weighted by Gasteiger charge is -2.05. The van der Waals surface area contributed by atoms with Crippen molar-refractivity contribution in [2.24, 2.45) is 0 Å². The number of halogens is 3. The molecule has 0 bridgehead atoms. The minimum Gasteiger partial charge on any atom is -0.258 e. The van der Waals surface area contributed by atoms with Crippen molar-refractivity contribution in [3.05, 3.63) is 56.9 Å². The minimum absolute atomic E-state index is 0.160. The molecule has 0 N–H and O–H groups in total. The molecule has 2 aromatic rings. The maximum absolute atomic E-state index is 12.9. The van der Waals surface area contributed by atoms with Gasteiger partial charge in [-0.2, -0.15) is 23.5 Å². The van der Waals surface area contributed by atoms with Gasteiger partial charge in [-0.25, -0.2) is 0 Å². The van der Waals surface area contributed by atoms with Crippen molar-refractivity contribution in [3.8, 4) is 6.07 Å². The summed E-state index contributed by atoms with van der Waals surface area (Å²) < 4.78 is 39.4. The summed E-state index contributed by atoms with van der Waals surface area (Å²) in [6, 6.07) is 8.21. The second-order valence-electron chi connectivity index (χ2n) is 4.46. The molecule has 0 radical (unpaired) electrons. The normalized spacial score (nSPS) is 11.2. The highest BCUT2D eigenvalue weighted by Gasteiger charge is 2.44. The molecule has 0 amide bonds. The van der Waals surface area contributed by atoms with Crippen LogP contribution < -0.4 is 0 Å². The maximum Gasteiger partial charge on any atom is 0.442 e. The summed E-state index contributed by atoms with van der Waals surface area (Å²) in [5.41, 5.74) is -2.12. The van der Waals surface area contributed by atoms with E-state index in [1.54, 1.807) is 18.2 Å². The molecule has 0 saturated carbocycles. The van der Waals surface area contributed by atoms with Gasteiger partial charge in [-0.15, -0.1) is 0 Å². The van der Waals surface area contributed by atoms with Crippen LogP contribution in [0.1, 0.15) is 22.5 Å². The highest BCUT2D eigenvalue weighted by Crippen LogP contribution is 2.37. The van der Waals surface area contributed by atoms with Crippen LogP contribution in [0.3, 0.4) is 0 Å². The number of hydrogen-bond donors (Lipinski definition) is 0. The van der Waals surface area contributed by atoms with Gasteiger partial charge in [0.15, 0.2) is 0 Å². The Morgan fingerprint density at radius 3 is 2.55 bits per heavy atom. The average Bonchev–Trinajstić information content (AvgIpc) is 2.77. The molecule has 9 heteroatoms. The molecule has 0 spiro atoms. The van der Waals surface area contributed by atoms with Gasteiger partial charge < -0.3 is 0 Å². The van der Waals surface area contributed by atoms with Crippen LogP contribution in [-0.2, 0) is 12.7 Å². The molecule has 114 valence electrons. The first-order valence-electron chi connectivity index (χ1n) is 6.02. The van der Waals surface area contributed by atoms with Crippen LogP contribution in [0.25, 0.3) is 0 Å². The number of nitro groups is 1. The number of rotatable bonds is 3. The maximum atomic E-state index is 12.9. The van der Waals surface area contributed by atoms with E-state index in [4.69, 9.17) is 5.26 Å². The number of nitriles is 1. The Morgan fingerprint density at radius 1 is 1.41 bits per heavy atom. The van der Waals surface area contributed by atoms with Crippen molar-refractivity contribution < 1.29 is 18.1 Å². The lowest BCUT2D eigenvalue weighted by molar-refractivity contribution is -0.388. The third-order valence-corrected chi connectivity index (χ3v) is 3.08. The molecule has 22 heavy (non-hydrogen) atoms. The molecular weight excluding hydrogens is 301 g/mol. The van der Waals surface area contributed by atoms with Gasteiger partial charge in [0.25, 0.3) is 0 Å². The molecule has 2 rings (SSSR count). The number of benzene rings is 1. The molecular formula is C13H9F3N4O2. The summed E-state index contributed by atoms with van der Waals surface area (Å²) in [6.07, 6.45) is -4.92. The summed E-state index contributed by atoms with van der Waals surface area (Å²) in [4.78, 5) is 9.78. The largest absolute Gasteiger partial charge is 0.442 e. The van der Waals surface area contributed by atoms with E-state index in [0.29, 0.717) is 5.56 Å². The van der Waals surface area contributed by atoms with Crippen LogP contribution in [-0.4, -0.2) is 14.7 Å². The Balaban J connectivity index is 2.54. The second kappa shape index (κ2) is 5.48. The summed E-state index contributed by atoms with van der Waals surface area (Å²) in [6.45, 7) is 1.03. The Kier molecular flexibility index (Phi) is 3.86. The van der Waals surface area contributed by atoms with Gasteiger partial charge in [-0.1, -0.05) is 18.2 Å². The molecule has 1 aromatic heterocycles. The highest BCUT2D eigenvalue weighted by atomic mass is 19.4. The van der Waals surface area contributed by atoms with Crippen molar-refractivity contribution in [1.29, 1.82) is 5.26 Å². The van der Waals surface area contributed by atoms with Crippen molar-refractivity contribution in [3.63, 3.8) is 0 Å². The smallest absolute Gasteiger partial charge is 0.258 e. The van der Waals surface area contributed by atoms with E-state index in [1.807, 2.05) is 6.07 Å². The first kappa shape index (κ1) is 15.5. The highest BCUT2D eigenvalue weighted by molar-refractivity contribution is 5.43. The fraction of sp³-hybridized carbons (Fsp3) is 0.231. The van der Waals surface area contributed by atoms with Crippen LogP contribution in [0.2, 0.25) is 0 Å². The monoisotopic (exact) mass is 310 g/mol. The quantitative estimate of drug-likeness (QED) is 0.644. The van der Waals surface area contributed by atoms with Gasteiger partial charge in [0.1, 0.15) is 5.69 Å². The molecule has 1 aromatic carbocycles. The molecule has 0 aliphatic rings. The van der Waals surface area contributed by atoms with E-state index in [9.17, 15) is 23.3 Å². The number of alkyl halides is 3. The van der Waals surface area contributed by atoms with Crippen LogP contribution in [0.15, 0.2) is 24.3 Å². The van der Waals surface area contributed by atoms with Crippen LogP contribution in [0, 0.1) is 28.4 Å². The van der Waals surface area contributed by atoms with Gasteiger partial charge in [-0.3, -0.25) is 14.8 Å². The predicted molar refractivity (Wildman–Crippen MR) is 68.9 cm³/mol. The molecule has 1 heterocycles. The fourth-order valence-corrected chi connectivity index (χ4v) is 2.03. The first-order chi connectivity index (χ1) is 10.3. The summed E-state index contributed by atoms with van der Waals surface area (Å²) in [5, 5.41) is 23.2. The Bertz CT molecular complexity index is 775. The van der Waals surface area contributed by atoms with E-state index >= 15 is 0 Å². The first-order valence-corrected chi connectivity index (χ1v) is 6.02. The van der Waals surface area contributed by atoms with E-state index < -0.39 is 22.5 Å². The fourth-order valence-electron chi connectivity index (χ4n) is 2.03. The zero-order valence-corrected chi connectivity index (χ0v) is 11.3. The standard InChI is InChI=1S/C13H9F3N4O2/c1-8-11(20(21)22)12(13(14,15)16)18-19(8)7-10-5-3-2-4-9(10)6-17/h2-5H,7H2,1H3. The van der Waals surface area contributed by atoms with Crippen molar-refractivity contribution in [2.45, 2.75) is 19.6 Å². The molecule has 0 fully saturated rings. The van der Waals surface area contributed by atoms with Gasteiger partial charge in [0.05, 0.1) is 23.1 Å². The van der Waals surface area contributed by atoms with E-state index in [0.717, 1.165) is 4.68 Å². The van der Waals surface area contributed by atoms with Crippen LogP contribution in [0.4, 0.5) is 18.9 Å². The van der Waals surface area contributed by atoms with E-state index in [2.05, 4.69) is 5.10 Å². The lowest BCUT2D eigenvalue weighted by atomic mass is 10.1. The van der Waals surface area contributed by atoms with E-state index in [1.165, 1.54) is 13.0 Å². The molecule has 0 atom stereocenters. The van der Waals surface area contributed by atoms with E-state index in [-0.39, 0.29) is 17.8 Å². The third-order valence-electron chi connectivity index (χ3n) is 3.08. The number of hydrogen-bond acceptors (Lipinski definition) is 4. The minimum atomic E-state index is -4.92. The van der Waals surface area contributed by atoms with Gasteiger partial charge in [0.2, 0.25) is 5.69 Å². The third kappa shape index (κ3) is 2.76. The van der Waals surface area contributed by atoms with Gasteiger partial charge >= 0.3 is 11.9 Å². The van der Waals surface area contributed by atoms with Crippen LogP contribution >= 0.6 is 0 Å². The predicted octanol–water partition coefficient (Wildman–Crippen LogP) is 3.04. The molecule has 6 nitrogen and oxygen atoms in total. The van der Waals surface area contributed by atoms with Gasteiger partial charge in [-0.05, 0) is 18.6 Å². The summed E-state index contributed by atoms with van der Waals surface area (Å²) in [7, 11) is 0.